The molecule has 0 radical (unpaired) electrons. The average molecular weight is 538 g/mol. The van der Waals surface area contributed by atoms with Crippen LogP contribution in [0.3, 0.4) is 0 Å². The summed E-state index contributed by atoms with van der Waals surface area (Å²) in [7, 11) is 1.79. The standard InChI is InChI=1S/C26H32FN9O3/c1-6-36(35-9-11-38-12-10-35)24-28-15-17-22(32-34(5)23(17)31-24)16-7-8-19(18(27)13-16)29-25(37)30-21-14-20(39-33-21)26(2,3)4/h7-8,13-15H,6,9-12H2,1-5H3,(H2,29,30,33,37). The number of aryl methyl sites for hydroxylation is 1. The molecular formula is C26H32FN9O3. The van der Waals surface area contributed by atoms with Gasteiger partial charge in [0.15, 0.2) is 11.5 Å². The van der Waals surface area contributed by atoms with Gasteiger partial charge in [-0.3, -0.25) is 10.3 Å². The molecule has 0 atom stereocenters. The number of ether oxygens (including phenoxy) is 1. The van der Waals surface area contributed by atoms with Gasteiger partial charge in [-0.1, -0.05) is 32.0 Å². The number of hydrazine groups is 1. The van der Waals surface area contributed by atoms with E-state index in [0.717, 1.165) is 13.1 Å². The Morgan fingerprint density at radius 3 is 2.62 bits per heavy atom. The molecule has 2 N–H and O–H groups in total. The molecule has 39 heavy (non-hydrogen) atoms. The highest BCUT2D eigenvalue weighted by atomic mass is 19.1. The first-order valence-electron chi connectivity index (χ1n) is 12.8. The van der Waals surface area contributed by atoms with Crippen LogP contribution in [0, 0.1) is 5.82 Å². The van der Waals surface area contributed by atoms with Crippen LogP contribution >= 0.6 is 0 Å². The average Bonchev–Trinajstić information content (AvgIpc) is 3.51. The number of urea groups is 1. The summed E-state index contributed by atoms with van der Waals surface area (Å²) in [5, 5.41) is 18.4. The molecule has 5 rings (SSSR count). The van der Waals surface area contributed by atoms with E-state index in [1.54, 1.807) is 30.1 Å². The summed E-state index contributed by atoms with van der Waals surface area (Å²) >= 11 is 0. The molecule has 1 aromatic carbocycles. The van der Waals surface area contributed by atoms with E-state index in [9.17, 15) is 4.79 Å². The summed E-state index contributed by atoms with van der Waals surface area (Å²) in [4.78, 5) is 21.8. The second-order valence-electron chi connectivity index (χ2n) is 10.3. The van der Waals surface area contributed by atoms with Gasteiger partial charge in [-0.2, -0.15) is 10.1 Å². The van der Waals surface area contributed by atoms with Gasteiger partial charge in [0.2, 0.25) is 5.95 Å². The number of amides is 2. The van der Waals surface area contributed by atoms with E-state index < -0.39 is 11.8 Å². The van der Waals surface area contributed by atoms with Crippen molar-refractivity contribution in [3.8, 4) is 11.3 Å². The van der Waals surface area contributed by atoms with Crippen molar-refractivity contribution in [2.45, 2.75) is 33.1 Å². The smallest absolute Gasteiger partial charge is 0.325 e. The summed E-state index contributed by atoms with van der Waals surface area (Å²) < 4.78 is 27.4. The number of anilines is 3. The predicted molar refractivity (Wildman–Crippen MR) is 145 cm³/mol. The first kappa shape index (κ1) is 26.5. The van der Waals surface area contributed by atoms with E-state index in [-0.39, 0.29) is 16.9 Å². The van der Waals surface area contributed by atoms with E-state index in [4.69, 9.17) is 14.2 Å². The van der Waals surface area contributed by atoms with Crippen LogP contribution in [0.2, 0.25) is 0 Å². The molecule has 0 saturated carbocycles. The van der Waals surface area contributed by atoms with Crippen LogP contribution in [0.4, 0.5) is 26.6 Å². The van der Waals surface area contributed by atoms with Gasteiger partial charge in [-0.05, 0) is 19.1 Å². The fourth-order valence-corrected chi connectivity index (χ4v) is 4.35. The summed E-state index contributed by atoms with van der Waals surface area (Å²) in [5.41, 5.74) is 1.46. The van der Waals surface area contributed by atoms with Crippen LogP contribution in [-0.2, 0) is 17.2 Å². The summed E-state index contributed by atoms with van der Waals surface area (Å²) in [6.07, 6.45) is 1.71. The summed E-state index contributed by atoms with van der Waals surface area (Å²) in [6, 6.07) is 5.50. The maximum Gasteiger partial charge on any atom is 0.325 e. The first-order valence-corrected chi connectivity index (χ1v) is 12.8. The SMILES string of the molecule is CCN(c1ncc2c(-c3ccc(NC(=O)Nc4cc(C(C)(C)C)on4)c(F)c3)nn(C)c2n1)N1CCOCC1. The van der Waals surface area contributed by atoms with Gasteiger partial charge < -0.3 is 14.6 Å². The normalized spacial score (nSPS) is 14.5. The van der Waals surface area contributed by atoms with Crippen LogP contribution < -0.4 is 15.6 Å². The van der Waals surface area contributed by atoms with Crippen LogP contribution in [0.25, 0.3) is 22.3 Å². The fourth-order valence-electron chi connectivity index (χ4n) is 4.35. The van der Waals surface area contributed by atoms with Gasteiger partial charge in [0.1, 0.15) is 17.3 Å². The summed E-state index contributed by atoms with van der Waals surface area (Å²) in [5.74, 6) is 0.818. The number of benzene rings is 1. The Balaban J connectivity index is 1.34. The monoisotopic (exact) mass is 537 g/mol. The topological polar surface area (TPSA) is 126 Å². The molecule has 206 valence electrons. The van der Waals surface area contributed by atoms with Crippen molar-refractivity contribution in [3.63, 3.8) is 0 Å². The molecule has 3 aromatic heterocycles. The van der Waals surface area contributed by atoms with Gasteiger partial charge in [0.05, 0.1) is 24.3 Å². The number of hydrogen-bond acceptors (Lipinski definition) is 9. The number of aromatic nitrogens is 5. The van der Waals surface area contributed by atoms with Crippen molar-refractivity contribution in [2.24, 2.45) is 7.05 Å². The van der Waals surface area contributed by atoms with Crippen LogP contribution in [-0.4, -0.2) is 68.8 Å². The molecule has 0 aliphatic carbocycles. The third kappa shape index (κ3) is 5.54. The second-order valence-corrected chi connectivity index (χ2v) is 10.3. The lowest BCUT2D eigenvalue weighted by molar-refractivity contribution is 0.0314. The van der Waals surface area contributed by atoms with E-state index in [1.165, 1.54) is 12.1 Å². The molecule has 0 unspecified atom stereocenters. The molecule has 13 heteroatoms. The highest BCUT2D eigenvalue weighted by molar-refractivity contribution is 5.99. The number of morpholine rings is 1. The minimum absolute atomic E-state index is 0.0126. The maximum atomic E-state index is 15.1. The molecule has 4 aromatic rings. The Bertz CT molecular complexity index is 1490. The fraction of sp³-hybridized carbons (Fsp3) is 0.423. The van der Waals surface area contributed by atoms with E-state index in [0.29, 0.717) is 53.8 Å². The largest absolute Gasteiger partial charge is 0.379 e. The molecule has 0 spiro atoms. The number of halogens is 1. The van der Waals surface area contributed by atoms with Crippen LogP contribution in [0.15, 0.2) is 35.0 Å². The Kier molecular flexibility index (Phi) is 7.19. The lowest BCUT2D eigenvalue weighted by Gasteiger charge is -2.36. The van der Waals surface area contributed by atoms with Crippen molar-refractivity contribution in [1.82, 2.24) is 29.9 Å². The number of carbonyl (C=O) groups excluding carboxylic acids is 1. The first-order chi connectivity index (χ1) is 18.6. The molecule has 1 fully saturated rings. The van der Waals surface area contributed by atoms with Gasteiger partial charge in [0, 0.05) is 49.9 Å². The Morgan fingerprint density at radius 2 is 1.95 bits per heavy atom. The minimum Gasteiger partial charge on any atom is -0.379 e. The van der Waals surface area contributed by atoms with Crippen LogP contribution in [0.5, 0.6) is 0 Å². The second kappa shape index (κ2) is 10.6. The molecule has 0 bridgehead atoms. The van der Waals surface area contributed by atoms with Gasteiger partial charge in [-0.15, -0.1) is 0 Å². The van der Waals surface area contributed by atoms with Crippen molar-refractivity contribution in [1.29, 1.82) is 0 Å². The van der Waals surface area contributed by atoms with E-state index in [2.05, 4.69) is 30.9 Å². The van der Waals surface area contributed by atoms with Gasteiger partial charge >= 0.3 is 6.03 Å². The third-order valence-electron chi connectivity index (χ3n) is 6.41. The van der Waals surface area contributed by atoms with Gasteiger partial charge in [-0.25, -0.2) is 23.9 Å². The van der Waals surface area contributed by atoms with Gasteiger partial charge in [0.25, 0.3) is 0 Å². The van der Waals surface area contributed by atoms with Crippen LogP contribution in [0.1, 0.15) is 33.5 Å². The number of hydrogen-bond donors (Lipinski definition) is 2. The molecule has 1 aliphatic rings. The molecule has 12 nitrogen and oxygen atoms in total. The number of rotatable bonds is 6. The molecule has 1 aliphatic heterocycles. The number of fused-ring (bicyclic) bond motifs is 1. The van der Waals surface area contributed by atoms with Crippen molar-refractivity contribution in [2.75, 3.05) is 48.5 Å². The predicted octanol–water partition coefficient (Wildman–Crippen LogP) is 4.17. The van der Waals surface area contributed by atoms with Crippen molar-refractivity contribution < 1.29 is 18.4 Å². The third-order valence-corrected chi connectivity index (χ3v) is 6.41. The lowest BCUT2D eigenvalue weighted by Crippen LogP contribution is -2.49. The van der Waals surface area contributed by atoms with E-state index >= 15 is 4.39 Å². The Morgan fingerprint density at radius 1 is 1.18 bits per heavy atom. The maximum absolute atomic E-state index is 15.1. The van der Waals surface area contributed by atoms with Crippen molar-refractivity contribution in [3.05, 3.63) is 42.0 Å². The summed E-state index contributed by atoms with van der Waals surface area (Å²) in [6.45, 7) is 11.5. The number of carbonyl (C=O) groups is 1. The highest BCUT2D eigenvalue weighted by Gasteiger charge is 2.23. The zero-order chi connectivity index (χ0) is 27.7. The zero-order valence-corrected chi connectivity index (χ0v) is 22.7. The van der Waals surface area contributed by atoms with Crippen molar-refractivity contribution >= 4 is 34.5 Å². The Labute approximate surface area is 225 Å². The molecular weight excluding hydrogens is 505 g/mol. The molecule has 2 amide bonds. The highest BCUT2D eigenvalue weighted by Crippen LogP contribution is 2.30. The lowest BCUT2D eigenvalue weighted by atomic mass is 9.93. The number of nitrogens with zero attached hydrogens (tertiary/aromatic N) is 7. The Hall–Kier alpha value is -4.10. The molecule has 4 heterocycles. The quantitative estimate of drug-likeness (QED) is 0.373. The molecule has 1 saturated heterocycles. The zero-order valence-electron chi connectivity index (χ0n) is 22.7. The minimum atomic E-state index is -0.639. The number of nitrogens with one attached hydrogen (secondary N) is 2. The van der Waals surface area contributed by atoms with E-state index in [1.807, 2.05) is 32.7 Å².